The standard InChI is InChI=1S/C40H57NO5S/c1-25(2)28-15-20-40(35(44)41-23-24-47(8,45)46)22-21-38(6)30(33(28)40)13-14-32-37(5)18-16-29(26-9-11-27(12-10-26)34(42)43)36(3,4)31(37)17-19-39(32,38)7/h9-12,16,28,30-33H,1,13-15,17-24H2,2-8H3,(H,41,44)(H,42,43)/t28-,30+,31-,32+,33+,37-,38+,39+,40-/m0/s1. The zero-order chi connectivity index (χ0) is 34.4. The van der Waals surface area contributed by atoms with Crippen LogP contribution in [0.25, 0.3) is 5.57 Å². The van der Waals surface area contributed by atoms with E-state index in [1.807, 2.05) is 12.1 Å². The van der Waals surface area contributed by atoms with E-state index in [0.717, 1.165) is 50.5 Å². The fraction of sp³-hybridized carbons (Fsp3) is 0.700. The molecule has 2 N–H and O–H groups in total. The van der Waals surface area contributed by atoms with Gasteiger partial charge in [-0.1, -0.05) is 65.0 Å². The Hall–Kier alpha value is -2.41. The van der Waals surface area contributed by atoms with Crippen LogP contribution in [0.4, 0.5) is 0 Å². The lowest BCUT2D eigenvalue weighted by atomic mass is 9.32. The maximum atomic E-state index is 14.1. The third-order valence-electron chi connectivity index (χ3n) is 15.3. The minimum atomic E-state index is -3.15. The topological polar surface area (TPSA) is 101 Å². The van der Waals surface area contributed by atoms with Gasteiger partial charge in [-0.15, -0.1) is 0 Å². The first kappa shape index (κ1) is 34.5. The lowest BCUT2D eigenvalue weighted by Crippen LogP contribution is -2.66. The second-order valence-corrected chi connectivity index (χ2v) is 19.9. The van der Waals surface area contributed by atoms with Crippen LogP contribution in [0.2, 0.25) is 0 Å². The van der Waals surface area contributed by atoms with Crippen LogP contribution >= 0.6 is 0 Å². The molecule has 4 saturated carbocycles. The van der Waals surface area contributed by atoms with Gasteiger partial charge in [0.25, 0.3) is 0 Å². The molecule has 6 rings (SSSR count). The van der Waals surface area contributed by atoms with Crippen molar-refractivity contribution in [1.29, 1.82) is 0 Å². The van der Waals surface area contributed by atoms with Crippen molar-refractivity contribution in [3.05, 3.63) is 53.6 Å². The summed E-state index contributed by atoms with van der Waals surface area (Å²) < 4.78 is 23.7. The Morgan fingerprint density at radius 3 is 2.21 bits per heavy atom. The van der Waals surface area contributed by atoms with Gasteiger partial charge < -0.3 is 10.4 Å². The number of allylic oxidation sites excluding steroid dienone is 3. The quantitative estimate of drug-likeness (QED) is 0.287. The van der Waals surface area contributed by atoms with Gasteiger partial charge in [0.15, 0.2) is 0 Å². The van der Waals surface area contributed by atoms with E-state index >= 15 is 0 Å². The number of hydrogen-bond acceptors (Lipinski definition) is 4. The largest absolute Gasteiger partial charge is 0.478 e. The van der Waals surface area contributed by atoms with E-state index in [1.54, 1.807) is 12.1 Å². The van der Waals surface area contributed by atoms with Crippen LogP contribution in [0, 0.1) is 56.7 Å². The molecule has 1 aromatic rings. The van der Waals surface area contributed by atoms with E-state index in [0.29, 0.717) is 29.2 Å². The Labute approximate surface area is 283 Å². The Balaban J connectivity index is 1.33. The highest BCUT2D eigenvalue weighted by Gasteiger charge is 2.71. The van der Waals surface area contributed by atoms with E-state index in [4.69, 9.17) is 0 Å². The summed E-state index contributed by atoms with van der Waals surface area (Å²) in [5.41, 5.74) is 3.90. The number of aromatic carboxylic acids is 1. The number of hydrogen-bond donors (Lipinski definition) is 2. The number of carbonyl (C=O) groups is 2. The van der Waals surface area contributed by atoms with Crippen molar-refractivity contribution in [3.8, 4) is 0 Å². The third kappa shape index (κ3) is 5.10. The zero-order valence-electron chi connectivity index (χ0n) is 29.7. The van der Waals surface area contributed by atoms with Crippen molar-refractivity contribution in [2.75, 3.05) is 18.6 Å². The maximum Gasteiger partial charge on any atom is 0.335 e. The summed E-state index contributed by atoms with van der Waals surface area (Å²) >= 11 is 0. The second kappa shape index (κ2) is 11.3. The van der Waals surface area contributed by atoms with Crippen molar-refractivity contribution < 1.29 is 23.1 Å². The minimum Gasteiger partial charge on any atom is -0.478 e. The summed E-state index contributed by atoms with van der Waals surface area (Å²) in [6.07, 6.45) is 13.1. The molecule has 9 atom stereocenters. The predicted molar refractivity (Wildman–Crippen MR) is 188 cm³/mol. The van der Waals surface area contributed by atoms with Gasteiger partial charge in [0.05, 0.1) is 16.7 Å². The van der Waals surface area contributed by atoms with E-state index in [-0.39, 0.29) is 45.8 Å². The third-order valence-corrected chi connectivity index (χ3v) is 16.2. The first-order chi connectivity index (χ1) is 21.8. The fourth-order valence-electron chi connectivity index (χ4n) is 13.0. The van der Waals surface area contributed by atoms with Gasteiger partial charge in [0, 0.05) is 12.8 Å². The Morgan fingerprint density at radius 2 is 1.60 bits per heavy atom. The second-order valence-electron chi connectivity index (χ2n) is 17.7. The highest BCUT2D eigenvalue weighted by atomic mass is 32.2. The Morgan fingerprint density at radius 1 is 0.915 bits per heavy atom. The summed E-state index contributed by atoms with van der Waals surface area (Å²) in [6.45, 7) is 19.4. The van der Waals surface area contributed by atoms with Crippen molar-refractivity contribution in [2.24, 2.45) is 56.7 Å². The molecule has 0 aliphatic heterocycles. The molecule has 47 heavy (non-hydrogen) atoms. The predicted octanol–water partition coefficient (Wildman–Crippen LogP) is 8.20. The highest BCUT2D eigenvalue weighted by Crippen LogP contribution is 2.77. The molecule has 0 aromatic heterocycles. The van der Waals surface area contributed by atoms with E-state index in [2.05, 4.69) is 59.5 Å². The normalized spacial score (nSPS) is 40.6. The molecule has 0 bridgehead atoms. The number of carbonyl (C=O) groups excluding carboxylic acids is 1. The van der Waals surface area contributed by atoms with E-state index in [9.17, 15) is 23.1 Å². The van der Waals surface area contributed by atoms with Crippen molar-refractivity contribution >= 4 is 27.3 Å². The van der Waals surface area contributed by atoms with Crippen LogP contribution in [0.15, 0.2) is 42.5 Å². The first-order valence-electron chi connectivity index (χ1n) is 18.0. The molecule has 1 aromatic carbocycles. The Bertz CT molecular complexity index is 1610. The van der Waals surface area contributed by atoms with Gasteiger partial charge >= 0.3 is 5.97 Å². The number of fused-ring (bicyclic) bond motifs is 7. The number of sulfone groups is 1. The molecule has 0 radical (unpaired) electrons. The van der Waals surface area contributed by atoms with Gasteiger partial charge in [0.1, 0.15) is 9.84 Å². The summed E-state index contributed by atoms with van der Waals surface area (Å²) in [7, 11) is -3.15. The van der Waals surface area contributed by atoms with Gasteiger partial charge in [-0.05, 0) is 139 Å². The first-order valence-corrected chi connectivity index (χ1v) is 20.0. The molecule has 0 unspecified atom stereocenters. The Kier molecular flexibility index (Phi) is 8.30. The molecule has 4 fully saturated rings. The molecule has 258 valence electrons. The van der Waals surface area contributed by atoms with E-state index in [1.165, 1.54) is 30.2 Å². The number of benzene rings is 1. The summed E-state index contributed by atoms with van der Waals surface area (Å²) in [4.78, 5) is 25.7. The van der Waals surface area contributed by atoms with Crippen molar-refractivity contribution in [1.82, 2.24) is 5.32 Å². The average Bonchev–Trinajstić information content (AvgIpc) is 3.38. The molecule has 6 nitrogen and oxygen atoms in total. The summed E-state index contributed by atoms with van der Waals surface area (Å²) in [6, 6.07) is 7.45. The van der Waals surface area contributed by atoms with Crippen LogP contribution in [-0.4, -0.2) is 44.0 Å². The van der Waals surface area contributed by atoms with Crippen LogP contribution in [0.3, 0.4) is 0 Å². The van der Waals surface area contributed by atoms with Gasteiger partial charge in [-0.2, -0.15) is 0 Å². The van der Waals surface area contributed by atoms with Crippen molar-refractivity contribution in [2.45, 2.75) is 99.3 Å². The van der Waals surface area contributed by atoms with Crippen LogP contribution < -0.4 is 5.32 Å². The summed E-state index contributed by atoms with van der Waals surface area (Å²) in [5.74, 6) is 1.23. The molecule has 0 heterocycles. The molecule has 5 aliphatic carbocycles. The maximum absolute atomic E-state index is 14.1. The average molecular weight is 664 g/mol. The smallest absolute Gasteiger partial charge is 0.335 e. The fourth-order valence-corrected chi connectivity index (χ4v) is 13.4. The SMILES string of the molecule is C=C(C)[C@@H]1CC[C@]2(C(=O)NCCS(C)(=O)=O)CC[C@]3(C)[C@H](CC[C@@H]4[C@@]5(C)CC=C(c6ccc(C(=O)O)cc6)C(C)(C)[C@@H]5CC[C@]43C)[C@@H]12. The van der Waals surface area contributed by atoms with Gasteiger partial charge in [0.2, 0.25) is 5.91 Å². The minimum absolute atomic E-state index is 0.0236. The number of amides is 1. The van der Waals surface area contributed by atoms with Crippen LogP contribution in [-0.2, 0) is 14.6 Å². The summed E-state index contributed by atoms with van der Waals surface area (Å²) in [5, 5.41) is 12.5. The van der Waals surface area contributed by atoms with Crippen molar-refractivity contribution in [3.63, 3.8) is 0 Å². The lowest BCUT2D eigenvalue weighted by Gasteiger charge is -2.72. The van der Waals surface area contributed by atoms with E-state index < -0.39 is 21.2 Å². The molecule has 0 spiro atoms. The van der Waals surface area contributed by atoms with Crippen LogP contribution in [0.5, 0.6) is 0 Å². The number of carboxylic acids is 1. The highest BCUT2D eigenvalue weighted by molar-refractivity contribution is 7.90. The molecular formula is C40H57NO5S. The molecule has 5 aliphatic rings. The lowest BCUT2D eigenvalue weighted by molar-refractivity contribution is -0.225. The number of nitrogens with one attached hydrogen (secondary N) is 1. The molecule has 1 amide bonds. The molecule has 0 saturated heterocycles. The van der Waals surface area contributed by atoms with Gasteiger partial charge in [-0.3, -0.25) is 4.79 Å². The molecular weight excluding hydrogens is 607 g/mol. The zero-order valence-corrected chi connectivity index (χ0v) is 30.6. The monoisotopic (exact) mass is 663 g/mol. The number of carboxylic acid groups (broad SMARTS) is 1. The number of rotatable bonds is 7. The molecule has 7 heteroatoms. The van der Waals surface area contributed by atoms with Crippen LogP contribution in [0.1, 0.15) is 115 Å². The van der Waals surface area contributed by atoms with Gasteiger partial charge in [-0.25, -0.2) is 13.2 Å².